The molecule has 2 aliphatic rings. The van der Waals surface area contributed by atoms with Crippen LogP contribution in [0.4, 0.5) is 0 Å². The lowest BCUT2D eigenvalue weighted by Crippen LogP contribution is -2.53. The van der Waals surface area contributed by atoms with E-state index < -0.39 is 0 Å². The molecule has 2 heterocycles. The number of benzene rings is 1. The molecule has 1 fully saturated rings. The van der Waals surface area contributed by atoms with Crippen LogP contribution in [0.1, 0.15) is 24.0 Å². The summed E-state index contributed by atoms with van der Waals surface area (Å²) in [6.07, 6.45) is 2.98. The summed E-state index contributed by atoms with van der Waals surface area (Å²) < 4.78 is 0. The largest absolute Gasteiger partial charge is 0.341 e. The second-order valence-electron chi connectivity index (χ2n) is 6.39. The summed E-state index contributed by atoms with van der Waals surface area (Å²) in [5, 5.41) is 3.40. The van der Waals surface area contributed by atoms with Gasteiger partial charge in [-0.1, -0.05) is 24.3 Å². The van der Waals surface area contributed by atoms with E-state index in [2.05, 4.69) is 41.5 Å². The van der Waals surface area contributed by atoms with Crippen LogP contribution in [0.5, 0.6) is 0 Å². The van der Waals surface area contributed by atoms with Gasteiger partial charge in [-0.25, -0.2) is 0 Å². The van der Waals surface area contributed by atoms with Crippen molar-refractivity contribution in [2.45, 2.75) is 37.9 Å². The van der Waals surface area contributed by atoms with Crippen LogP contribution in [0.3, 0.4) is 0 Å². The molecule has 3 rings (SSSR count). The van der Waals surface area contributed by atoms with E-state index in [9.17, 15) is 4.79 Å². The van der Waals surface area contributed by atoms with Crippen LogP contribution in [0.2, 0.25) is 0 Å². The molecule has 0 radical (unpaired) electrons. The maximum Gasteiger partial charge on any atom is 0.240 e. The number of rotatable bonds is 2. The third kappa shape index (κ3) is 3.11. The van der Waals surface area contributed by atoms with Crippen molar-refractivity contribution < 1.29 is 4.79 Å². The SMILES string of the molecule is CN1CCC(N(C)C(=O)[C@H]2Cc3ccccc3CN2)CC1. The van der Waals surface area contributed by atoms with Gasteiger partial charge in [-0.2, -0.15) is 0 Å². The van der Waals surface area contributed by atoms with Gasteiger partial charge in [0.05, 0.1) is 6.04 Å². The maximum absolute atomic E-state index is 12.7. The highest BCUT2D eigenvalue weighted by Crippen LogP contribution is 2.20. The summed E-state index contributed by atoms with van der Waals surface area (Å²) in [6, 6.07) is 8.74. The van der Waals surface area contributed by atoms with Crippen molar-refractivity contribution in [2.75, 3.05) is 27.2 Å². The number of carbonyl (C=O) groups excluding carboxylic acids is 1. The second-order valence-corrected chi connectivity index (χ2v) is 6.39. The van der Waals surface area contributed by atoms with E-state index in [4.69, 9.17) is 0 Å². The predicted octanol–water partition coefficient (Wildman–Crippen LogP) is 1.25. The topological polar surface area (TPSA) is 35.6 Å². The predicted molar refractivity (Wildman–Crippen MR) is 84.1 cm³/mol. The number of carbonyl (C=O) groups is 1. The zero-order chi connectivity index (χ0) is 14.8. The van der Waals surface area contributed by atoms with E-state index in [1.807, 2.05) is 11.9 Å². The van der Waals surface area contributed by atoms with Crippen molar-refractivity contribution in [3.63, 3.8) is 0 Å². The zero-order valence-corrected chi connectivity index (χ0v) is 13.0. The van der Waals surface area contributed by atoms with Crippen molar-refractivity contribution >= 4 is 5.91 Å². The molecule has 2 aliphatic heterocycles. The Kier molecular flexibility index (Phi) is 4.27. The quantitative estimate of drug-likeness (QED) is 0.889. The third-order valence-corrected chi connectivity index (χ3v) is 4.96. The molecule has 4 nitrogen and oxygen atoms in total. The lowest BCUT2D eigenvalue weighted by molar-refractivity contribution is -0.135. The molecular weight excluding hydrogens is 262 g/mol. The van der Waals surface area contributed by atoms with Crippen LogP contribution in [-0.4, -0.2) is 55.0 Å². The van der Waals surface area contributed by atoms with Crippen molar-refractivity contribution in [2.24, 2.45) is 0 Å². The Morgan fingerprint density at radius 3 is 2.62 bits per heavy atom. The van der Waals surface area contributed by atoms with E-state index in [1.165, 1.54) is 11.1 Å². The van der Waals surface area contributed by atoms with Crippen LogP contribution in [0.15, 0.2) is 24.3 Å². The fourth-order valence-corrected chi connectivity index (χ4v) is 3.44. The Balaban J connectivity index is 1.63. The number of nitrogens with one attached hydrogen (secondary N) is 1. The van der Waals surface area contributed by atoms with Crippen LogP contribution < -0.4 is 5.32 Å². The number of piperidine rings is 1. The molecule has 0 saturated carbocycles. The Morgan fingerprint density at radius 1 is 1.24 bits per heavy atom. The van der Waals surface area contributed by atoms with E-state index in [0.29, 0.717) is 6.04 Å². The molecule has 4 heteroatoms. The summed E-state index contributed by atoms with van der Waals surface area (Å²) in [7, 11) is 4.12. The van der Waals surface area contributed by atoms with E-state index in [1.54, 1.807) is 0 Å². The summed E-state index contributed by atoms with van der Waals surface area (Å²) in [5.41, 5.74) is 2.63. The smallest absolute Gasteiger partial charge is 0.240 e. The van der Waals surface area contributed by atoms with Gasteiger partial charge in [0.2, 0.25) is 5.91 Å². The molecule has 1 saturated heterocycles. The zero-order valence-electron chi connectivity index (χ0n) is 13.0. The molecule has 0 unspecified atom stereocenters. The standard InChI is InChI=1S/C17H25N3O/c1-19-9-7-15(8-10-19)20(2)17(21)16-11-13-5-3-4-6-14(13)12-18-16/h3-6,15-16,18H,7-12H2,1-2H3/t16-/m1/s1. The Bertz CT molecular complexity index is 509. The number of likely N-dealkylation sites (tertiary alicyclic amines) is 1. The fourth-order valence-electron chi connectivity index (χ4n) is 3.44. The van der Waals surface area contributed by atoms with Gasteiger partial charge in [0.15, 0.2) is 0 Å². The first kappa shape index (κ1) is 14.5. The lowest BCUT2D eigenvalue weighted by atomic mass is 9.94. The van der Waals surface area contributed by atoms with Gasteiger partial charge >= 0.3 is 0 Å². The van der Waals surface area contributed by atoms with Crippen molar-refractivity contribution in [1.29, 1.82) is 0 Å². The highest BCUT2D eigenvalue weighted by atomic mass is 16.2. The van der Waals surface area contributed by atoms with E-state index in [0.717, 1.165) is 38.9 Å². The fraction of sp³-hybridized carbons (Fsp3) is 0.588. The molecule has 1 N–H and O–H groups in total. The van der Waals surface area contributed by atoms with E-state index in [-0.39, 0.29) is 11.9 Å². The number of fused-ring (bicyclic) bond motifs is 1. The molecule has 21 heavy (non-hydrogen) atoms. The average Bonchev–Trinajstić information content (AvgIpc) is 2.54. The summed E-state index contributed by atoms with van der Waals surface area (Å²) in [5.74, 6) is 0.249. The summed E-state index contributed by atoms with van der Waals surface area (Å²) in [6.45, 7) is 2.97. The average molecular weight is 287 g/mol. The molecule has 0 bridgehead atoms. The van der Waals surface area contributed by atoms with Gasteiger partial charge in [-0.05, 0) is 50.5 Å². The molecule has 1 aromatic rings. The van der Waals surface area contributed by atoms with Gasteiger partial charge in [0.1, 0.15) is 0 Å². The van der Waals surface area contributed by atoms with E-state index >= 15 is 0 Å². The number of nitrogens with zero attached hydrogens (tertiary/aromatic N) is 2. The Hall–Kier alpha value is -1.39. The highest BCUT2D eigenvalue weighted by Gasteiger charge is 2.30. The van der Waals surface area contributed by atoms with Crippen molar-refractivity contribution in [1.82, 2.24) is 15.1 Å². The molecule has 114 valence electrons. The molecule has 1 atom stereocenters. The summed E-state index contributed by atoms with van der Waals surface area (Å²) in [4.78, 5) is 17.1. The number of amides is 1. The number of likely N-dealkylation sites (N-methyl/N-ethyl adjacent to an activating group) is 1. The number of hydrogen-bond donors (Lipinski definition) is 1. The van der Waals surface area contributed by atoms with Crippen LogP contribution in [0.25, 0.3) is 0 Å². The Morgan fingerprint density at radius 2 is 1.90 bits per heavy atom. The van der Waals surface area contributed by atoms with Gasteiger partial charge in [0, 0.05) is 19.6 Å². The van der Waals surface area contributed by atoms with Crippen LogP contribution >= 0.6 is 0 Å². The first-order valence-corrected chi connectivity index (χ1v) is 7.90. The minimum Gasteiger partial charge on any atom is -0.341 e. The highest BCUT2D eigenvalue weighted by molar-refractivity contribution is 5.82. The molecular formula is C17H25N3O. The molecule has 1 amide bonds. The van der Waals surface area contributed by atoms with Crippen molar-refractivity contribution in [3.8, 4) is 0 Å². The summed E-state index contributed by atoms with van der Waals surface area (Å²) >= 11 is 0. The van der Waals surface area contributed by atoms with Crippen LogP contribution in [0, 0.1) is 0 Å². The monoisotopic (exact) mass is 287 g/mol. The second kappa shape index (κ2) is 6.16. The first-order chi connectivity index (χ1) is 10.1. The number of hydrogen-bond acceptors (Lipinski definition) is 3. The minimum absolute atomic E-state index is 0.0652. The Labute approximate surface area is 127 Å². The molecule has 0 aromatic heterocycles. The van der Waals surface area contributed by atoms with Gasteiger partial charge in [0.25, 0.3) is 0 Å². The molecule has 1 aromatic carbocycles. The van der Waals surface area contributed by atoms with Gasteiger partial charge in [-0.3, -0.25) is 4.79 Å². The molecule has 0 aliphatic carbocycles. The first-order valence-electron chi connectivity index (χ1n) is 7.90. The minimum atomic E-state index is -0.0652. The lowest BCUT2D eigenvalue weighted by Gasteiger charge is -2.37. The van der Waals surface area contributed by atoms with Crippen LogP contribution in [-0.2, 0) is 17.8 Å². The van der Waals surface area contributed by atoms with Crippen molar-refractivity contribution in [3.05, 3.63) is 35.4 Å². The molecule has 0 spiro atoms. The maximum atomic E-state index is 12.7. The third-order valence-electron chi connectivity index (χ3n) is 4.96. The van der Waals surface area contributed by atoms with Gasteiger partial charge < -0.3 is 15.1 Å². The normalized spacial score (nSPS) is 23.6. The van der Waals surface area contributed by atoms with Gasteiger partial charge in [-0.15, -0.1) is 0 Å².